The fraction of sp³-hybridized carbons (Fsp3) is 0.667. The van der Waals surface area contributed by atoms with Crippen LogP contribution in [0.4, 0.5) is 0 Å². The second-order valence-corrected chi connectivity index (χ2v) is 7.33. The van der Waals surface area contributed by atoms with Gasteiger partial charge in [-0.2, -0.15) is 0 Å². The van der Waals surface area contributed by atoms with Gasteiger partial charge in [-0.15, -0.1) is 0 Å². The zero-order valence-corrected chi connectivity index (χ0v) is 9.59. The fourth-order valence-corrected chi connectivity index (χ4v) is 6.45. The van der Waals surface area contributed by atoms with Crippen LogP contribution in [-0.4, -0.2) is 19.9 Å². The molecule has 2 aliphatic carbocycles. The van der Waals surface area contributed by atoms with Gasteiger partial charge in [-0.3, -0.25) is 0 Å². The molecule has 0 N–H and O–H groups in total. The largest absolute Gasteiger partial charge is 0.229 e. The summed E-state index contributed by atoms with van der Waals surface area (Å²) in [4.78, 5) is 0. The Morgan fingerprint density at radius 2 is 1.33 bits per heavy atom. The Kier molecular flexibility index (Phi) is 1.77. The fourth-order valence-electron chi connectivity index (χ4n) is 3.72. The number of hydrogen-bond acceptors (Lipinski definition) is 2. The summed E-state index contributed by atoms with van der Waals surface area (Å²) in [5, 5.41) is 0. The minimum Gasteiger partial charge on any atom is -0.229 e. The molecule has 1 aliphatic heterocycles. The van der Waals surface area contributed by atoms with Gasteiger partial charge in [0.15, 0.2) is 9.84 Å². The lowest BCUT2D eigenvalue weighted by molar-refractivity contribution is 0.131. The standard InChI is InChI=1S/C12H16O2S/c13-15(14)9-11-5-1-2-6-12(11,10-15)8-4-3-7-11/h1-2,5-6H,3-4,7-10H2/t11-,12-/m0/s1. The second-order valence-electron chi connectivity index (χ2n) is 5.27. The SMILES string of the molecule is O=S1(=O)C[C@@]23C=CC=C[C@]2(CCCC3)C1. The van der Waals surface area contributed by atoms with Gasteiger partial charge in [0.1, 0.15) is 0 Å². The molecule has 2 nitrogen and oxygen atoms in total. The smallest absolute Gasteiger partial charge is 0.152 e. The summed E-state index contributed by atoms with van der Waals surface area (Å²) in [6.07, 6.45) is 12.8. The Morgan fingerprint density at radius 1 is 0.867 bits per heavy atom. The van der Waals surface area contributed by atoms with E-state index in [1.54, 1.807) is 0 Å². The predicted molar refractivity (Wildman–Crippen MR) is 60.3 cm³/mol. The van der Waals surface area contributed by atoms with Crippen molar-refractivity contribution in [2.75, 3.05) is 11.5 Å². The van der Waals surface area contributed by atoms with Crippen LogP contribution in [0.3, 0.4) is 0 Å². The summed E-state index contributed by atoms with van der Waals surface area (Å²) < 4.78 is 23.8. The maximum absolute atomic E-state index is 11.9. The van der Waals surface area contributed by atoms with Crippen LogP contribution in [0.1, 0.15) is 25.7 Å². The van der Waals surface area contributed by atoms with Crippen molar-refractivity contribution in [3.05, 3.63) is 24.3 Å². The van der Waals surface area contributed by atoms with Crippen LogP contribution in [0.25, 0.3) is 0 Å². The molecular weight excluding hydrogens is 208 g/mol. The van der Waals surface area contributed by atoms with E-state index in [1.165, 1.54) is 12.8 Å². The first-order chi connectivity index (χ1) is 7.08. The summed E-state index contributed by atoms with van der Waals surface area (Å²) in [6.45, 7) is 0. The van der Waals surface area contributed by atoms with Gasteiger partial charge in [0, 0.05) is 10.8 Å². The molecule has 1 heterocycles. The maximum atomic E-state index is 11.9. The van der Waals surface area contributed by atoms with Gasteiger partial charge in [-0.25, -0.2) is 8.42 Å². The molecule has 0 spiro atoms. The van der Waals surface area contributed by atoms with Gasteiger partial charge in [-0.1, -0.05) is 37.1 Å². The normalized spacial score (nSPS) is 46.1. The quantitative estimate of drug-likeness (QED) is 0.631. The minimum atomic E-state index is -2.83. The van der Waals surface area contributed by atoms with Gasteiger partial charge in [0.2, 0.25) is 0 Å². The van der Waals surface area contributed by atoms with Crippen molar-refractivity contribution in [2.24, 2.45) is 10.8 Å². The van der Waals surface area contributed by atoms with Crippen molar-refractivity contribution >= 4 is 9.84 Å². The number of allylic oxidation sites excluding steroid dienone is 4. The highest BCUT2D eigenvalue weighted by Gasteiger charge is 2.59. The number of rotatable bonds is 0. The van der Waals surface area contributed by atoms with Crippen LogP contribution in [0, 0.1) is 10.8 Å². The Labute approximate surface area is 91.0 Å². The highest BCUT2D eigenvalue weighted by atomic mass is 32.2. The average molecular weight is 224 g/mol. The predicted octanol–water partition coefficient (Wildman–Crippen LogP) is 2.09. The highest BCUT2D eigenvalue weighted by Crippen LogP contribution is 2.59. The van der Waals surface area contributed by atoms with Crippen LogP contribution >= 0.6 is 0 Å². The van der Waals surface area contributed by atoms with Crippen molar-refractivity contribution < 1.29 is 8.42 Å². The van der Waals surface area contributed by atoms with Gasteiger partial charge in [0.05, 0.1) is 11.5 Å². The van der Waals surface area contributed by atoms with Gasteiger partial charge in [-0.05, 0) is 12.8 Å². The summed E-state index contributed by atoms with van der Waals surface area (Å²) in [6, 6.07) is 0. The van der Waals surface area contributed by atoms with Gasteiger partial charge in [0.25, 0.3) is 0 Å². The monoisotopic (exact) mass is 224 g/mol. The number of hydrogen-bond donors (Lipinski definition) is 0. The minimum absolute atomic E-state index is 0.0567. The molecule has 3 rings (SSSR count). The van der Waals surface area contributed by atoms with Crippen LogP contribution in [-0.2, 0) is 9.84 Å². The Bertz CT molecular complexity index is 410. The first-order valence-corrected chi connectivity index (χ1v) is 7.47. The lowest BCUT2D eigenvalue weighted by atomic mass is 9.56. The van der Waals surface area contributed by atoms with E-state index < -0.39 is 9.84 Å². The lowest BCUT2D eigenvalue weighted by Crippen LogP contribution is -2.42. The van der Waals surface area contributed by atoms with Crippen molar-refractivity contribution in [3.8, 4) is 0 Å². The van der Waals surface area contributed by atoms with E-state index in [4.69, 9.17) is 0 Å². The number of sulfone groups is 1. The van der Waals surface area contributed by atoms with Crippen molar-refractivity contribution in [3.63, 3.8) is 0 Å². The first kappa shape index (κ1) is 9.64. The average Bonchev–Trinajstić information content (AvgIpc) is 2.42. The molecule has 1 saturated heterocycles. The summed E-state index contributed by atoms with van der Waals surface area (Å²) in [5.41, 5.74) is -0.113. The molecule has 3 heteroatoms. The molecule has 0 aromatic heterocycles. The molecule has 1 saturated carbocycles. The van der Waals surface area contributed by atoms with Crippen LogP contribution in [0.2, 0.25) is 0 Å². The molecule has 0 aromatic carbocycles. The zero-order chi connectivity index (χ0) is 10.6. The molecule has 3 aliphatic rings. The molecule has 0 amide bonds. The van der Waals surface area contributed by atoms with Crippen molar-refractivity contribution in [1.82, 2.24) is 0 Å². The Balaban J connectivity index is 2.17. The topological polar surface area (TPSA) is 34.1 Å². The van der Waals surface area contributed by atoms with Gasteiger partial charge < -0.3 is 0 Å². The molecule has 2 atom stereocenters. The molecule has 2 fully saturated rings. The molecule has 0 radical (unpaired) electrons. The van der Waals surface area contributed by atoms with Gasteiger partial charge >= 0.3 is 0 Å². The molecular formula is C12H16O2S. The molecule has 0 aromatic rings. The van der Waals surface area contributed by atoms with E-state index >= 15 is 0 Å². The third kappa shape index (κ3) is 1.19. The van der Waals surface area contributed by atoms with Crippen molar-refractivity contribution in [2.45, 2.75) is 25.7 Å². The van der Waals surface area contributed by atoms with Crippen molar-refractivity contribution in [1.29, 1.82) is 0 Å². The highest BCUT2D eigenvalue weighted by molar-refractivity contribution is 7.91. The Morgan fingerprint density at radius 3 is 1.80 bits per heavy atom. The summed E-state index contributed by atoms with van der Waals surface area (Å²) in [7, 11) is -2.83. The van der Waals surface area contributed by atoms with Crippen LogP contribution < -0.4 is 0 Å². The van der Waals surface area contributed by atoms with E-state index in [0.717, 1.165) is 12.8 Å². The van der Waals surface area contributed by atoms with E-state index in [2.05, 4.69) is 12.2 Å². The molecule has 0 unspecified atom stereocenters. The van der Waals surface area contributed by atoms with E-state index in [9.17, 15) is 8.42 Å². The van der Waals surface area contributed by atoms with E-state index in [0.29, 0.717) is 11.5 Å². The first-order valence-electron chi connectivity index (χ1n) is 5.65. The van der Waals surface area contributed by atoms with Crippen LogP contribution in [0.5, 0.6) is 0 Å². The third-order valence-electron chi connectivity index (χ3n) is 4.38. The van der Waals surface area contributed by atoms with E-state index in [1.807, 2.05) is 12.2 Å². The molecule has 0 bridgehead atoms. The molecule has 82 valence electrons. The zero-order valence-electron chi connectivity index (χ0n) is 8.78. The second kappa shape index (κ2) is 2.76. The van der Waals surface area contributed by atoms with E-state index in [-0.39, 0.29) is 10.8 Å². The summed E-state index contributed by atoms with van der Waals surface area (Å²) >= 11 is 0. The summed E-state index contributed by atoms with van der Waals surface area (Å²) in [5.74, 6) is 0.752. The third-order valence-corrected chi connectivity index (χ3v) is 6.29. The lowest BCUT2D eigenvalue weighted by Gasteiger charge is -2.46. The molecule has 15 heavy (non-hydrogen) atoms. The van der Waals surface area contributed by atoms with Crippen LogP contribution in [0.15, 0.2) is 24.3 Å². The Hall–Kier alpha value is -0.570. The maximum Gasteiger partial charge on any atom is 0.152 e.